The second-order valence-electron chi connectivity index (χ2n) is 6.61. The van der Waals surface area contributed by atoms with E-state index in [-0.39, 0.29) is 17.9 Å². The third kappa shape index (κ3) is 3.21. The van der Waals surface area contributed by atoms with E-state index in [1.165, 1.54) is 11.3 Å². The molecule has 0 aliphatic rings. The van der Waals surface area contributed by atoms with Crippen molar-refractivity contribution >= 4 is 39.9 Å². The lowest BCUT2D eigenvalue weighted by Gasteiger charge is -2.08. The number of fused-ring (bicyclic) bond motifs is 2. The molecule has 0 saturated heterocycles. The molecule has 1 aromatic carbocycles. The molecule has 8 nitrogen and oxygen atoms in total. The molecule has 0 radical (unpaired) electrons. The first-order valence-corrected chi connectivity index (χ1v) is 9.82. The molecule has 3 N–H and O–H groups in total. The molecule has 1 amide bonds. The fourth-order valence-electron chi connectivity index (χ4n) is 3.08. The summed E-state index contributed by atoms with van der Waals surface area (Å²) < 4.78 is 7.36. The van der Waals surface area contributed by atoms with Crippen molar-refractivity contribution in [3.63, 3.8) is 0 Å². The summed E-state index contributed by atoms with van der Waals surface area (Å²) in [6, 6.07) is 12.8. The lowest BCUT2D eigenvalue weighted by atomic mass is 10.1. The Morgan fingerprint density at radius 1 is 1.21 bits per heavy atom. The highest BCUT2D eigenvalue weighted by Gasteiger charge is 2.18. The van der Waals surface area contributed by atoms with Crippen LogP contribution in [0.15, 0.2) is 58.5 Å². The summed E-state index contributed by atoms with van der Waals surface area (Å²) in [6.07, 6.45) is 1.84. The number of hydrogen-bond acceptors (Lipinski definition) is 7. The number of amides is 1. The number of thiophene rings is 1. The Kier molecular flexibility index (Phi) is 4.02. The molecule has 0 aliphatic carbocycles. The summed E-state index contributed by atoms with van der Waals surface area (Å²) in [7, 11) is 0. The Labute approximate surface area is 169 Å². The van der Waals surface area contributed by atoms with Crippen LogP contribution in [0.4, 0.5) is 5.95 Å². The molecular formula is C20H16N6O2S. The van der Waals surface area contributed by atoms with Crippen LogP contribution >= 0.6 is 11.3 Å². The predicted octanol–water partition coefficient (Wildman–Crippen LogP) is 3.67. The number of anilines is 1. The number of para-hydroxylation sites is 2. The van der Waals surface area contributed by atoms with Gasteiger partial charge in [0.15, 0.2) is 11.2 Å². The van der Waals surface area contributed by atoms with Crippen molar-refractivity contribution < 1.29 is 9.21 Å². The second kappa shape index (κ2) is 6.71. The topological polar surface area (TPSA) is 111 Å². The van der Waals surface area contributed by atoms with Gasteiger partial charge in [0.05, 0.1) is 4.88 Å². The molecule has 0 aliphatic heterocycles. The van der Waals surface area contributed by atoms with Crippen molar-refractivity contribution in [1.29, 1.82) is 0 Å². The molecule has 29 heavy (non-hydrogen) atoms. The monoisotopic (exact) mass is 404 g/mol. The van der Waals surface area contributed by atoms with Gasteiger partial charge in [0.25, 0.3) is 5.91 Å². The molecule has 0 spiro atoms. The van der Waals surface area contributed by atoms with Crippen LogP contribution in [0.1, 0.15) is 28.5 Å². The lowest BCUT2D eigenvalue weighted by molar-refractivity contribution is 0.0938. The minimum absolute atomic E-state index is 0.179. The maximum atomic E-state index is 12.7. The van der Waals surface area contributed by atoms with E-state index in [1.807, 2.05) is 61.0 Å². The van der Waals surface area contributed by atoms with Crippen LogP contribution in [0.2, 0.25) is 0 Å². The number of nitrogens with zero attached hydrogens (tertiary/aromatic N) is 4. The highest BCUT2D eigenvalue weighted by atomic mass is 32.1. The number of oxazole rings is 1. The van der Waals surface area contributed by atoms with Crippen molar-refractivity contribution in [1.82, 2.24) is 24.9 Å². The quantitative estimate of drug-likeness (QED) is 0.473. The smallest absolute Gasteiger partial charge is 0.262 e. The van der Waals surface area contributed by atoms with E-state index in [2.05, 4.69) is 20.4 Å². The largest absolute Gasteiger partial charge is 0.438 e. The highest BCUT2D eigenvalue weighted by molar-refractivity contribution is 7.12. The number of nitrogens with one attached hydrogen (secondary N) is 1. The SMILES string of the molecule is C[C@H](NC(=O)c1cc(-c2ccc3nc(N)nn3c2)cs1)c1nc2ccccc2o1. The molecule has 9 heteroatoms. The summed E-state index contributed by atoms with van der Waals surface area (Å²) in [5, 5.41) is 9.00. The second-order valence-corrected chi connectivity index (χ2v) is 7.52. The molecule has 0 bridgehead atoms. The summed E-state index contributed by atoms with van der Waals surface area (Å²) >= 11 is 1.37. The van der Waals surface area contributed by atoms with E-state index >= 15 is 0 Å². The third-order valence-electron chi connectivity index (χ3n) is 4.53. The van der Waals surface area contributed by atoms with Gasteiger partial charge in [-0.3, -0.25) is 4.79 Å². The number of benzene rings is 1. The molecule has 0 unspecified atom stereocenters. The summed E-state index contributed by atoms with van der Waals surface area (Å²) in [6.45, 7) is 1.85. The molecule has 1 atom stereocenters. The predicted molar refractivity (Wildman–Crippen MR) is 111 cm³/mol. The minimum atomic E-state index is -0.352. The van der Waals surface area contributed by atoms with Gasteiger partial charge >= 0.3 is 0 Å². The van der Waals surface area contributed by atoms with Gasteiger partial charge in [-0.2, -0.15) is 4.98 Å². The molecule has 144 valence electrons. The van der Waals surface area contributed by atoms with E-state index < -0.39 is 0 Å². The Balaban J connectivity index is 1.35. The zero-order chi connectivity index (χ0) is 20.0. The van der Waals surface area contributed by atoms with Gasteiger partial charge in [0.2, 0.25) is 11.8 Å². The van der Waals surface area contributed by atoms with Crippen molar-refractivity contribution in [2.24, 2.45) is 0 Å². The maximum Gasteiger partial charge on any atom is 0.262 e. The standard InChI is InChI=1S/C20H16N6O2S/c1-11(19-23-14-4-2-3-5-15(14)28-19)22-18(27)16-8-13(10-29-16)12-6-7-17-24-20(21)25-26(17)9-12/h2-11H,1H3,(H2,21,25)(H,22,27)/t11-/m0/s1. The number of hydrogen-bond donors (Lipinski definition) is 2. The van der Waals surface area contributed by atoms with Gasteiger partial charge in [-0.1, -0.05) is 12.1 Å². The van der Waals surface area contributed by atoms with Gasteiger partial charge in [-0.25, -0.2) is 9.50 Å². The number of rotatable bonds is 4. The first-order chi connectivity index (χ1) is 14.1. The van der Waals surface area contributed by atoms with E-state index in [0.29, 0.717) is 22.0 Å². The van der Waals surface area contributed by atoms with E-state index in [4.69, 9.17) is 10.2 Å². The van der Waals surface area contributed by atoms with Crippen LogP contribution < -0.4 is 11.1 Å². The minimum Gasteiger partial charge on any atom is -0.438 e. The molecular weight excluding hydrogens is 388 g/mol. The van der Waals surface area contributed by atoms with E-state index in [0.717, 1.165) is 16.6 Å². The Morgan fingerprint density at radius 2 is 2.07 bits per heavy atom. The van der Waals surface area contributed by atoms with E-state index in [1.54, 1.807) is 4.52 Å². The fourth-order valence-corrected chi connectivity index (χ4v) is 3.90. The zero-order valence-electron chi connectivity index (χ0n) is 15.4. The lowest BCUT2D eigenvalue weighted by Crippen LogP contribution is -2.26. The normalized spacial score (nSPS) is 12.4. The van der Waals surface area contributed by atoms with Gasteiger partial charge in [0, 0.05) is 11.8 Å². The number of aromatic nitrogens is 4. The van der Waals surface area contributed by atoms with Crippen LogP contribution in [0.5, 0.6) is 0 Å². The molecule has 0 fully saturated rings. The van der Waals surface area contributed by atoms with Crippen LogP contribution in [0, 0.1) is 0 Å². The van der Waals surface area contributed by atoms with Crippen LogP contribution in [-0.2, 0) is 0 Å². The molecule has 5 aromatic rings. The average Bonchev–Trinajstić information content (AvgIpc) is 3.43. The first kappa shape index (κ1) is 17.4. The number of nitrogens with two attached hydrogens (primary N) is 1. The van der Waals surface area contributed by atoms with Crippen molar-refractivity contribution in [3.05, 3.63) is 64.8 Å². The number of nitrogen functional groups attached to an aromatic ring is 1. The Hall–Kier alpha value is -3.72. The Bertz CT molecular complexity index is 1320. The first-order valence-electron chi connectivity index (χ1n) is 8.94. The molecule has 5 rings (SSSR count). The Morgan fingerprint density at radius 3 is 2.93 bits per heavy atom. The third-order valence-corrected chi connectivity index (χ3v) is 5.46. The van der Waals surface area contributed by atoms with Crippen molar-refractivity contribution in [2.75, 3.05) is 5.73 Å². The summed E-state index contributed by atoms with van der Waals surface area (Å²) in [5.74, 6) is 0.522. The number of carbonyl (C=O) groups excluding carboxylic acids is 1. The van der Waals surface area contributed by atoms with Crippen LogP contribution in [-0.4, -0.2) is 25.5 Å². The average molecular weight is 404 g/mol. The number of carbonyl (C=O) groups is 1. The van der Waals surface area contributed by atoms with Crippen LogP contribution in [0.25, 0.3) is 27.9 Å². The molecule has 4 aromatic heterocycles. The summed E-state index contributed by atoms with van der Waals surface area (Å²) in [5.41, 5.74) is 9.62. The van der Waals surface area contributed by atoms with Gasteiger partial charge in [-0.05, 0) is 48.2 Å². The maximum absolute atomic E-state index is 12.7. The van der Waals surface area contributed by atoms with Crippen molar-refractivity contribution in [2.45, 2.75) is 13.0 Å². The van der Waals surface area contributed by atoms with Crippen molar-refractivity contribution in [3.8, 4) is 11.1 Å². The fraction of sp³-hybridized carbons (Fsp3) is 0.100. The zero-order valence-corrected chi connectivity index (χ0v) is 16.2. The van der Waals surface area contributed by atoms with Gasteiger partial charge in [-0.15, -0.1) is 16.4 Å². The molecule has 0 saturated carbocycles. The number of pyridine rings is 1. The summed E-state index contributed by atoms with van der Waals surface area (Å²) in [4.78, 5) is 21.8. The van der Waals surface area contributed by atoms with Gasteiger partial charge < -0.3 is 15.5 Å². The van der Waals surface area contributed by atoms with Crippen LogP contribution in [0.3, 0.4) is 0 Å². The van der Waals surface area contributed by atoms with E-state index in [9.17, 15) is 4.79 Å². The van der Waals surface area contributed by atoms with Gasteiger partial charge in [0.1, 0.15) is 11.6 Å². The molecule has 4 heterocycles. The highest BCUT2D eigenvalue weighted by Crippen LogP contribution is 2.27.